The van der Waals surface area contributed by atoms with E-state index in [0.717, 1.165) is 17.7 Å². The first-order chi connectivity index (χ1) is 11.0. The SMILES string of the molecule is Cc1ccc(S(=O)(=O)Nc2c(Br)cc(OC(F)(F)F)cc2I)cc1. The number of alkyl halides is 3. The molecule has 24 heavy (non-hydrogen) atoms. The molecular weight excluding hydrogens is 526 g/mol. The Morgan fingerprint density at radius 3 is 2.25 bits per heavy atom. The van der Waals surface area contributed by atoms with Crippen LogP contribution in [0.1, 0.15) is 5.56 Å². The number of rotatable bonds is 4. The predicted molar refractivity (Wildman–Crippen MR) is 95.5 cm³/mol. The lowest BCUT2D eigenvalue weighted by molar-refractivity contribution is -0.274. The van der Waals surface area contributed by atoms with Crippen LogP contribution in [0.5, 0.6) is 5.75 Å². The fourth-order valence-corrected chi connectivity index (χ4v) is 4.81. The molecule has 10 heteroatoms. The van der Waals surface area contributed by atoms with Crippen molar-refractivity contribution in [2.75, 3.05) is 4.72 Å². The van der Waals surface area contributed by atoms with E-state index in [9.17, 15) is 21.6 Å². The summed E-state index contributed by atoms with van der Waals surface area (Å²) in [5, 5.41) is 0. The molecule has 0 atom stereocenters. The van der Waals surface area contributed by atoms with Crippen LogP contribution in [0.15, 0.2) is 45.8 Å². The van der Waals surface area contributed by atoms with E-state index in [4.69, 9.17) is 0 Å². The van der Waals surface area contributed by atoms with Gasteiger partial charge in [0, 0.05) is 8.04 Å². The highest BCUT2D eigenvalue weighted by atomic mass is 127. The van der Waals surface area contributed by atoms with E-state index in [0.29, 0.717) is 0 Å². The van der Waals surface area contributed by atoms with Gasteiger partial charge in [0.25, 0.3) is 10.0 Å². The van der Waals surface area contributed by atoms with Crippen LogP contribution in [0.4, 0.5) is 18.9 Å². The summed E-state index contributed by atoms with van der Waals surface area (Å²) < 4.78 is 68.2. The summed E-state index contributed by atoms with van der Waals surface area (Å²) in [5.41, 5.74) is 1.03. The van der Waals surface area contributed by atoms with Crippen LogP contribution in [-0.2, 0) is 10.0 Å². The van der Waals surface area contributed by atoms with E-state index in [-0.39, 0.29) is 18.6 Å². The topological polar surface area (TPSA) is 55.4 Å². The number of nitrogens with one attached hydrogen (secondary N) is 1. The highest BCUT2D eigenvalue weighted by molar-refractivity contribution is 14.1. The van der Waals surface area contributed by atoms with Crippen LogP contribution in [0.2, 0.25) is 0 Å². The minimum atomic E-state index is -4.83. The van der Waals surface area contributed by atoms with Gasteiger partial charge >= 0.3 is 6.36 Å². The molecule has 0 aromatic heterocycles. The van der Waals surface area contributed by atoms with Crippen LogP contribution in [0, 0.1) is 10.5 Å². The Kier molecular flexibility index (Phi) is 5.70. The molecule has 0 aliphatic rings. The summed E-state index contributed by atoms with van der Waals surface area (Å²) in [4.78, 5) is 0.0476. The minimum absolute atomic E-state index is 0.0476. The number of benzene rings is 2. The maximum Gasteiger partial charge on any atom is 0.573 e. The number of ether oxygens (including phenoxy) is 1. The molecule has 1 N–H and O–H groups in total. The molecule has 2 rings (SSSR count). The normalized spacial score (nSPS) is 12.1. The van der Waals surface area contributed by atoms with Crippen molar-refractivity contribution in [2.24, 2.45) is 0 Å². The van der Waals surface area contributed by atoms with E-state index in [1.807, 2.05) is 6.92 Å². The van der Waals surface area contributed by atoms with E-state index >= 15 is 0 Å². The Morgan fingerprint density at radius 2 is 1.75 bits per heavy atom. The minimum Gasteiger partial charge on any atom is -0.406 e. The zero-order chi connectivity index (χ0) is 18.1. The third-order valence-electron chi connectivity index (χ3n) is 2.82. The van der Waals surface area contributed by atoms with Crippen molar-refractivity contribution in [2.45, 2.75) is 18.2 Å². The van der Waals surface area contributed by atoms with Crippen LogP contribution in [-0.4, -0.2) is 14.8 Å². The van der Waals surface area contributed by atoms with Crippen molar-refractivity contribution in [3.05, 3.63) is 50.0 Å². The summed E-state index contributed by atoms with van der Waals surface area (Å²) in [5.74, 6) is -0.447. The summed E-state index contributed by atoms with van der Waals surface area (Å²) >= 11 is 4.79. The van der Waals surface area contributed by atoms with Crippen molar-refractivity contribution in [3.63, 3.8) is 0 Å². The maximum absolute atomic E-state index is 12.4. The van der Waals surface area contributed by atoms with Gasteiger partial charge in [-0.2, -0.15) is 0 Å². The van der Waals surface area contributed by atoms with E-state index in [2.05, 4.69) is 25.4 Å². The van der Waals surface area contributed by atoms with E-state index < -0.39 is 22.1 Å². The number of halogens is 5. The Bertz CT molecular complexity index is 832. The molecule has 0 radical (unpaired) electrons. The van der Waals surface area contributed by atoms with Crippen molar-refractivity contribution < 1.29 is 26.3 Å². The molecule has 0 bridgehead atoms. The monoisotopic (exact) mass is 535 g/mol. The second-order valence-electron chi connectivity index (χ2n) is 4.73. The largest absolute Gasteiger partial charge is 0.573 e. The molecule has 130 valence electrons. The van der Waals surface area contributed by atoms with Gasteiger partial charge in [0.2, 0.25) is 0 Å². The van der Waals surface area contributed by atoms with Crippen LogP contribution in [0.25, 0.3) is 0 Å². The van der Waals surface area contributed by atoms with Gasteiger partial charge < -0.3 is 4.74 Å². The lowest BCUT2D eigenvalue weighted by atomic mass is 10.2. The summed E-state index contributed by atoms with van der Waals surface area (Å²) in [6.07, 6.45) is -4.83. The molecule has 0 aliphatic carbocycles. The third kappa shape index (κ3) is 4.99. The van der Waals surface area contributed by atoms with Gasteiger partial charge in [-0.25, -0.2) is 8.42 Å². The van der Waals surface area contributed by atoms with E-state index in [1.165, 1.54) is 12.1 Å². The number of hydrogen-bond acceptors (Lipinski definition) is 3. The Labute approximate surface area is 158 Å². The van der Waals surface area contributed by atoms with Crippen molar-refractivity contribution in [1.29, 1.82) is 0 Å². The Hall–Kier alpha value is -1.01. The average molecular weight is 536 g/mol. The zero-order valence-electron chi connectivity index (χ0n) is 12.0. The summed E-state index contributed by atoms with van der Waals surface area (Å²) in [6.45, 7) is 1.82. The number of aryl methyl sites for hydroxylation is 1. The molecular formula is C14H10BrF3INO3S. The van der Waals surface area contributed by atoms with Crippen LogP contribution in [0.3, 0.4) is 0 Å². The van der Waals surface area contributed by atoms with E-state index in [1.54, 1.807) is 34.7 Å². The molecule has 0 fully saturated rings. The van der Waals surface area contributed by atoms with Gasteiger partial charge in [0.15, 0.2) is 0 Å². The van der Waals surface area contributed by atoms with Crippen molar-refractivity contribution >= 4 is 54.2 Å². The molecule has 0 saturated heterocycles. The smallest absolute Gasteiger partial charge is 0.406 e. The fourth-order valence-electron chi connectivity index (χ4n) is 1.75. The number of sulfonamides is 1. The molecule has 2 aromatic carbocycles. The van der Waals surface area contributed by atoms with Crippen LogP contribution >= 0.6 is 38.5 Å². The summed E-state index contributed by atoms with van der Waals surface area (Å²) in [6, 6.07) is 8.32. The van der Waals surface area contributed by atoms with Gasteiger partial charge in [-0.15, -0.1) is 13.2 Å². The van der Waals surface area contributed by atoms with Crippen molar-refractivity contribution in [1.82, 2.24) is 0 Å². The van der Waals surface area contributed by atoms with Gasteiger partial charge in [-0.05, 0) is 69.7 Å². The second kappa shape index (κ2) is 7.08. The first-order valence-corrected chi connectivity index (χ1v) is 9.68. The number of anilines is 1. The van der Waals surface area contributed by atoms with Gasteiger partial charge in [-0.1, -0.05) is 17.7 Å². The molecule has 0 spiro atoms. The van der Waals surface area contributed by atoms with Crippen LogP contribution < -0.4 is 9.46 Å². The Morgan fingerprint density at radius 1 is 1.17 bits per heavy atom. The molecule has 2 aromatic rings. The quantitative estimate of drug-likeness (QED) is 0.557. The third-order valence-corrected chi connectivity index (χ3v) is 5.66. The molecule has 0 saturated carbocycles. The Balaban J connectivity index is 2.34. The molecule has 0 aliphatic heterocycles. The predicted octanol–water partition coefficient (Wildman–Crippen LogP) is 5.06. The van der Waals surface area contributed by atoms with Crippen molar-refractivity contribution in [3.8, 4) is 5.75 Å². The first-order valence-electron chi connectivity index (χ1n) is 6.32. The highest BCUT2D eigenvalue weighted by Gasteiger charge is 2.31. The average Bonchev–Trinajstić information content (AvgIpc) is 2.41. The standard InChI is InChI=1S/C14H10BrF3INO3S/c1-8-2-4-10(5-3-8)24(21,22)20-13-11(15)6-9(7-12(13)19)23-14(16,17)18/h2-7,20H,1H3. The molecule has 0 heterocycles. The second-order valence-corrected chi connectivity index (χ2v) is 8.43. The zero-order valence-corrected chi connectivity index (χ0v) is 16.5. The molecule has 0 unspecified atom stereocenters. The summed E-state index contributed by atoms with van der Waals surface area (Å²) in [7, 11) is -3.87. The lowest BCUT2D eigenvalue weighted by Gasteiger charge is -2.15. The molecule has 4 nitrogen and oxygen atoms in total. The molecule has 0 amide bonds. The van der Waals surface area contributed by atoms with Gasteiger partial charge in [0.1, 0.15) is 5.75 Å². The highest BCUT2D eigenvalue weighted by Crippen LogP contribution is 2.36. The number of hydrogen-bond donors (Lipinski definition) is 1. The van der Waals surface area contributed by atoms with Gasteiger partial charge in [-0.3, -0.25) is 4.72 Å². The first kappa shape index (κ1) is 19.3. The fraction of sp³-hybridized carbons (Fsp3) is 0.143. The lowest BCUT2D eigenvalue weighted by Crippen LogP contribution is -2.18. The maximum atomic E-state index is 12.4. The van der Waals surface area contributed by atoms with Gasteiger partial charge in [0.05, 0.1) is 10.6 Å².